The molecule has 2 N–H and O–H groups in total. The lowest BCUT2D eigenvalue weighted by Gasteiger charge is -2.15. The van der Waals surface area contributed by atoms with Crippen molar-refractivity contribution in [3.8, 4) is 11.5 Å². The Morgan fingerprint density at radius 1 is 1.25 bits per heavy atom. The third kappa shape index (κ3) is 3.40. The molecule has 1 aromatic rings. The number of carboxylic acid groups (broad SMARTS) is 1. The van der Waals surface area contributed by atoms with Crippen molar-refractivity contribution in [3.63, 3.8) is 0 Å². The van der Waals surface area contributed by atoms with Crippen molar-refractivity contribution in [2.45, 2.75) is 24.8 Å². The summed E-state index contributed by atoms with van der Waals surface area (Å²) in [4.78, 5) is 10.7. The van der Waals surface area contributed by atoms with Crippen LogP contribution < -0.4 is 14.2 Å². The molecular weight excluding hydrogens is 286 g/mol. The number of carbonyl (C=O) groups is 1. The molecule has 0 unspecified atom stereocenters. The summed E-state index contributed by atoms with van der Waals surface area (Å²) in [6.07, 6.45) is 0. The number of rotatable bonds is 6. The molecule has 1 rings (SSSR count). The molecule has 0 saturated carbocycles. The fraction of sp³-hybridized carbons (Fsp3) is 0.417. The third-order valence-corrected chi connectivity index (χ3v) is 4.36. The molecule has 0 bridgehead atoms. The van der Waals surface area contributed by atoms with Crippen LogP contribution in [0.25, 0.3) is 0 Å². The van der Waals surface area contributed by atoms with Crippen LogP contribution in [0.2, 0.25) is 0 Å². The van der Waals surface area contributed by atoms with E-state index in [4.69, 9.17) is 14.6 Å². The Labute approximate surface area is 117 Å². The van der Waals surface area contributed by atoms with Gasteiger partial charge in [-0.15, -0.1) is 0 Å². The minimum Gasteiger partial charge on any atom is -0.493 e. The Morgan fingerprint density at radius 2 is 1.75 bits per heavy atom. The van der Waals surface area contributed by atoms with E-state index in [1.165, 1.54) is 33.3 Å². The minimum atomic E-state index is -3.96. The Bertz CT molecular complexity index is 611. The molecule has 0 saturated heterocycles. The quantitative estimate of drug-likeness (QED) is 0.804. The summed E-state index contributed by atoms with van der Waals surface area (Å²) in [5.74, 6) is -0.608. The highest BCUT2D eigenvalue weighted by atomic mass is 32.2. The van der Waals surface area contributed by atoms with Crippen LogP contribution in [0.5, 0.6) is 11.5 Å². The first-order chi connectivity index (χ1) is 9.22. The summed E-state index contributed by atoms with van der Waals surface area (Å²) in [7, 11) is -1.13. The van der Waals surface area contributed by atoms with Crippen molar-refractivity contribution in [1.82, 2.24) is 4.72 Å². The second-order valence-corrected chi connectivity index (χ2v) is 5.84. The van der Waals surface area contributed by atoms with E-state index in [0.717, 1.165) is 0 Å². The molecule has 0 aliphatic heterocycles. The maximum atomic E-state index is 12.2. The number of aryl methyl sites for hydroxylation is 1. The molecule has 20 heavy (non-hydrogen) atoms. The average Bonchev–Trinajstić information content (AvgIpc) is 2.37. The zero-order chi connectivity index (χ0) is 15.5. The Kier molecular flexibility index (Phi) is 4.96. The van der Waals surface area contributed by atoms with Gasteiger partial charge in [-0.05, 0) is 25.5 Å². The fourth-order valence-corrected chi connectivity index (χ4v) is 3.04. The number of methoxy groups -OCH3 is 2. The van der Waals surface area contributed by atoms with Gasteiger partial charge in [-0.1, -0.05) is 0 Å². The van der Waals surface area contributed by atoms with Crippen molar-refractivity contribution < 1.29 is 27.8 Å². The summed E-state index contributed by atoms with van der Waals surface area (Å²) in [5.41, 5.74) is 0.424. The molecule has 8 heteroatoms. The second-order valence-electron chi connectivity index (χ2n) is 4.15. The summed E-state index contributed by atoms with van der Waals surface area (Å²) in [5, 5.41) is 8.77. The van der Waals surface area contributed by atoms with Crippen LogP contribution in [0, 0.1) is 6.92 Å². The number of ether oxygens (including phenoxy) is 2. The van der Waals surface area contributed by atoms with Gasteiger partial charge < -0.3 is 14.6 Å². The summed E-state index contributed by atoms with van der Waals surface area (Å²) in [6, 6.07) is 1.58. The van der Waals surface area contributed by atoms with E-state index in [2.05, 4.69) is 4.72 Å². The van der Waals surface area contributed by atoms with Gasteiger partial charge in [0.1, 0.15) is 6.04 Å². The van der Waals surface area contributed by atoms with E-state index in [1.807, 2.05) is 0 Å². The lowest BCUT2D eigenvalue weighted by Crippen LogP contribution is -2.38. The maximum Gasteiger partial charge on any atom is 0.321 e. The topological polar surface area (TPSA) is 102 Å². The molecular formula is C12H17NO6S. The van der Waals surface area contributed by atoms with Crippen molar-refractivity contribution in [3.05, 3.63) is 17.7 Å². The van der Waals surface area contributed by atoms with E-state index in [9.17, 15) is 13.2 Å². The first-order valence-corrected chi connectivity index (χ1v) is 7.19. The van der Waals surface area contributed by atoms with Crippen LogP contribution in [0.15, 0.2) is 17.0 Å². The molecule has 0 aliphatic carbocycles. The van der Waals surface area contributed by atoms with Crippen LogP contribution >= 0.6 is 0 Å². The van der Waals surface area contributed by atoms with Gasteiger partial charge in [0.15, 0.2) is 11.5 Å². The number of benzene rings is 1. The van der Waals surface area contributed by atoms with Crippen molar-refractivity contribution >= 4 is 16.0 Å². The van der Waals surface area contributed by atoms with Gasteiger partial charge in [0.2, 0.25) is 10.0 Å². The summed E-state index contributed by atoms with van der Waals surface area (Å²) >= 11 is 0. The Morgan fingerprint density at radius 3 is 2.20 bits per heavy atom. The van der Waals surface area contributed by atoms with Crippen LogP contribution in [-0.2, 0) is 14.8 Å². The molecule has 1 atom stereocenters. The minimum absolute atomic E-state index is 0.0525. The smallest absolute Gasteiger partial charge is 0.321 e. The van der Waals surface area contributed by atoms with E-state index < -0.39 is 22.0 Å². The van der Waals surface area contributed by atoms with Crippen LogP contribution in [0.1, 0.15) is 12.5 Å². The lowest BCUT2D eigenvalue weighted by molar-refractivity contribution is -0.138. The zero-order valence-electron chi connectivity index (χ0n) is 11.6. The largest absolute Gasteiger partial charge is 0.493 e. The third-order valence-electron chi connectivity index (χ3n) is 2.67. The predicted octanol–water partition coefficient (Wildman–Crippen LogP) is 0.764. The van der Waals surface area contributed by atoms with E-state index >= 15 is 0 Å². The molecule has 0 radical (unpaired) electrons. The highest BCUT2D eigenvalue weighted by Gasteiger charge is 2.24. The summed E-state index contributed by atoms with van der Waals surface area (Å²) < 4.78 is 36.5. The van der Waals surface area contributed by atoms with Gasteiger partial charge in [0.05, 0.1) is 19.1 Å². The Hall–Kier alpha value is -1.80. The normalized spacial score (nSPS) is 12.8. The standard InChI is InChI=1S/C12H17NO6S/c1-7-5-9(18-3)10(19-4)6-11(7)20(16,17)13-8(2)12(14)15/h5-6,8,13H,1-4H3,(H,14,15)/t8-/m1/s1. The number of aliphatic carboxylic acids is 1. The van der Waals surface area contributed by atoms with Crippen molar-refractivity contribution in [1.29, 1.82) is 0 Å². The zero-order valence-corrected chi connectivity index (χ0v) is 12.4. The number of sulfonamides is 1. The molecule has 1 aromatic carbocycles. The molecule has 0 aromatic heterocycles. The van der Waals surface area contributed by atoms with E-state index in [0.29, 0.717) is 11.3 Å². The molecule has 0 aliphatic rings. The molecule has 0 amide bonds. The van der Waals surface area contributed by atoms with Gasteiger partial charge in [0, 0.05) is 6.07 Å². The highest BCUT2D eigenvalue weighted by Crippen LogP contribution is 2.32. The molecule has 112 valence electrons. The average molecular weight is 303 g/mol. The van der Waals surface area contributed by atoms with Gasteiger partial charge >= 0.3 is 5.97 Å². The first kappa shape index (κ1) is 16.3. The lowest BCUT2D eigenvalue weighted by atomic mass is 10.2. The number of hydrogen-bond acceptors (Lipinski definition) is 5. The fourth-order valence-electron chi connectivity index (χ4n) is 1.60. The second kappa shape index (κ2) is 6.10. The van der Waals surface area contributed by atoms with E-state index in [-0.39, 0.29) is 10.6 Å². The Balaban J connectivity index is 3.28. The van der Waals surface area contributed by atoms with Crippen molar-refractivity contribution in [2.75, 3.05) is 14.2 Å². The summed E-state index contributed by atoms with van der Waals surface area (Å²) in [6.45, 7) is 2.83. The van der Waals surface area contributed by atoms with Crippen molar-refractivity contribution in [2.24, 2.45) is 0 Å². The number of nitrogens with one attached hydrogen (secondary N) is 1. The number of carboxylic acids is 1. The van der Waals surface area contributed by atoms with Crippen LogP contribution in [0.4, 0.5) is 0 Å². The SMILES string of the molecule is COc1cc(C)c(S(=O)(=O)N[C@H](C)C(=O)O)cc1OC. The maximum absolute atomic E-state index is 12.2. The van der Waals surface area contributed by atoms with E-state index in [1.54, 1.807) is 6.92 Å². The molecule has 0 spiro atoms. The molecule has 0 fully saturated rings. The molecule has 0 heterocycles. The van der Waals surface area contributed by atoms with Crippen LogP contribution in [0.3, 0.4) is 0 Å². The highest BCUT2D eigenvalue weighted by molar-refractivity contribution is 7.89. The van der Waals surface area contributed by atoms with Gasteiger partial charge in [-0.3, -0.25) is 4.79 Å². The van der Waals surface area contributed by atoms with Crippen LogP contribution in [-0.4, -0.2) is 39.8 Å². The number of hydrogen-bond donors (Lipinski definition) is 2. The van der Waals surface area contributed by atoms with Gasteiger partial charge in [0.25, 0.3) is 0 Å². The van der Waals surface area contributed by atoms with Gasteiger partial charge in [-0.2, -0.15) is 4.72 Å². The van der Waals surface area contributed by atoms with Gasteiger partial charge in [-0.25, -0.2) is 8.42 Å². The first-order valence-electron chi connectivity index (χ1n) is 5.70. The molecule has 7 nitrogen and oxygen atoms in total. The predicted molar refractivity (Wildman–Crippen MR) is 71.7 cm³/mol. The monoisotopic (exact) mass is 303 g/mol.